The van der Waals surface area contributed by atoms with E-state index in [9.17, 15) is 0 Å². The highest BCUT2D eigenvalue weighted by Crippen LogP contribution is 2.38. The molecule has 0 saturated heterocycles. The van der Waals surface area contributed by atoms with Crippen LogP contribution in [0, 0.1) is 6.92 Å². The molecule has 2 N–H and O–H groups in total. The Bertz CT molecular complexity index is 877. The molecular weight excluding hydrogens is 340 g/mol. The van der Waals surface area contributed by atoms with Gasteiger partial charge < -0.3 is 24.5 Å². The van der Waals surface area contributed by atoms with Crippen LogP contribution in [0.4, 0.5) is 0 Å². The molecule has 1 heterocycles. The maximum atomic E-state index is 5.65. The molecule has 0 bridgehead atoms. The molecule has 0 spiro atoms. The summed E-state index contributed by atoms with van der Waals surface area (Å²) in [5.41, 5.74) is 4.90. The molecule has 5 heteroatoms. The Labute approximate surface area is 160 Å². The van der Waals surface area contributed by atoms with E-state index in [1.807, 2.05) is 19.1 Å². The second kappa shape index (κ2) is 8.82. The average molecular weight is 368 g/mol. The smallest absolute Gasteiger partial charge is 0.203 e. The first-order chi connectivity index (χ1) is 13.2. The first kappa shape index (κ1) is 19.1. The molecule has 144 valence electrons. The van der Waals surface area contributed by atoms with Crippen molar-refractivity contribution in [1.29, 1.82) is 0 Å². The normalized spacial score (nSPS) is 11.0. The lowest BCUT2D eigenvalue weighted by molar-refractivity contribution is 0.288. The predicted molar refractivity (Wildman–Crippen MR) is 109 cm³/mol. The van der Waals surface area contributed by atoms with Gasteiger partial charge in [0.2, 0.25) is 5.75 Å². The highest BCUT2D eigenvalue weighted by atomic mass is 16.5. The van der Waals surface area contributed by atoms with Crippen LogP contribution < -0.4 is 19.5 Å². The van der Waals surface area contributed by atoms with E-state index >= 15 is 0 Å². The van der Waals surface area contributed by atoms with Crippen molar-refractivity contribution in [2.45, 2.75) is 26.8 Å². The lowest BCUT2D eigenvalue weighted by Gasteiger charge is -2.15. The lowest BCUT2D eigenvalue weighted by atomic mass is 10.1. The third-order valence-corrected chi connectivity index (χ3v) is 4.63. The zero-order chi connectivity index (χ0) is 19.2. The predicted octanol–water partition coefficient (Wildman–Crippen LogP) is 4.22. The van der Waals surface area contributed by atoms with Crippen molar-refractivity contribution in [2.24, 2.45) is 0 Å². The summed E-state index contributed by atoms with van der Waals surface area (Å²) in [6, 6.07) is 10.5. The molecule has 27 heavy (non-hydrogen) atoms. The van der Waals surface area contributed by atoms with Crippen molar-refractivity contribution in [3.8, 4) is 17.2 Å². The van der Waals surface area contributed by atoms with Gasteiger partial charge in [0.25, 0.3) is 0 Å². The molecule has 0 atom stereocenters. The van der Waals surface area contributed by atoms with E-state index in [1.54, 1.807) is 14.2 Å². The Kier molecular flexibility index (Phi) is 6.24. The van der Waals surface area contributed by atoms with Gasteiger partial charge in [-0.05, 0) is 61.7 Å². The van der Waals surface area contributed by atoms with Crippen LogP contribution in [-0.4, -0.2) is 32.4 Å². The number of H-pyrrole nitrogens is 1. The van der Waals surface area contributed by atoms with Crippen LogP contribution in [0.3, 0.4) is 0 Å². The average Bonchev–Trinajstić information content (AvgIpc) is 3.07. The second-order valence-corrected chi connectivity index (χ2v) is 6.55. The number of aromatic amines is 1. The van der Waals surface area contributed by atoms with E-state index in [1.165, 1.54) is 22.0 Å². The molecule has 0 unspecified atom stereocenters. The number of aryl methyl sites for hydroxylation is 1. The van der Waals surface area contributed by atoms with Crippen molar-refractivity contribution in [1.82, 2.24) is 10.3 Å². The number of hydrogen-bond acceptors (Lipinski definition) is 4. The zero-order valence-corrected chi connectivity index (χ0v) is 16.5. The molecule has 0 saturated carbocycles. The van der Waals surface area contributed by atoms with Crippen molar-refractivity contribution in [3.05, 3.63) is 53.2 Å². The minimum atomic E-state index is 0.564. The van der Waals surface area contributed by atoms with Crippen LogP contribution in [0.25, 0.3) is 10.9 Å². The van der Waals surface area contributed by atoms with Gasteiger partial charge in [-0.2, -0.15) is 0 Å². The zero-order valence-electron chi connectivity index (χ0n) is 16.5. The SMILES string of the molecule is CCOc1c(OC)cc(CNCCc2c[nH]c3cc(C)ccc23)cc1OC. The first-order valence-corrected chi connectivity index (χ1v) is 9.31. The van der Waals surface area contributed by atoms with Gasteiger partial charge in [0, 0.05) is 23.6 Å². The summed E-state index contributed by atoms with van der Waals surface area (Å²) >= 11 is 0. The minimum absolute atomic E-state index is 0.564. The van der Waals surface area contributed by atoms with Gasteiger partial charge in [0.15, 0.2) is 11.5 Å². The van der Waals surface area contributed by atoms with Crippen LogP contribution in [0.15, 0.2) is 36.5 Å². The molecule has 0 amide bonds. The summed E-state index contributed by atoms with van der Waals surface area (Å²) in [7, 11) is 3.29. The fraction of sp³-hybridized carbons (Fsp3) is 0.364. The third-order valence-electron chi connectivity index (χ3n) is 4.63. The summed E-state index contributed by atoms with van der Waals surface area (Å²) in [4.78, 5) is 3.36. The van der Waals surface area contributed by atoms with E-state index < -0.39 is 0 Å². The molecule has 0 aliphatic heterocycles. The van der Waals surface area contributed by atoms with Gasteiger partial charge in [-0.15, -0.1) is 0 Å². The third kappa shape index (κ3) is 4.37. The van der Waals surface area contributed by atoms with E-state index in [4.69, 9.17) is 14.2 Å². The van der Waals surface area contributed by atoms with Crippen molar-refractivity contribution < 1.29 is 14.2 Å². The highest BCUT2D eigenvalue weighted by molar-refractivity contribution is 5.83. The Morgan fingerprint density at radius 2 is 1.78 bits per heavy atom. The number of benzene rings is 2. The molecule has 3 rings (SSSR count). The number of rotatable bonds is 9. The topological polar surface area (TPSA) is 55.5 Å². The fourth-order valence-electron chi connectivity index (χ4n) is 3.29. The summed E-state index contributed by atoms with van der Waals surface area (Å²) in [5, 5.41) is 4.80. The minimum Gasteiger partial charge on any atom is -0.493 e. The summed E-state index contributed by atoms with van der Waals surface area (Å²) in [5.74, 6) is 2.04. The maximum Gasteiger partial charge on any atom is 0.203 e. The van der Waals surface area contributed by atoms with Gasteiger partial charge in [-0.25, -0.2) is 0 Å². The van der Waals surface area contributed by atoms with Crippen LogP contribution in [0.2, 0.25) is 0 Å². The van der Waals surface area contributed by atoms with Gasteiger partial charge >= 0.3 is 0 Å². The molecule has 0 radical (unpaired) electrons. The summed E-state index contributed by atoms with van der Waals surface area (Å²) in [6.45, 7) is 6.25. The number of hydrogen-bond donors (Lipinski definition) is 2. The maximum absolute atomic E-state index is 5.65. The van der Waals surface area contributed by atoms with E-state index in [-0.39, 0.29) is 0 Å². The quantitative estimate of drug-likeness (QED) is 0.555. The van der Waals surface area contributed by atoms with Crippen molar-refractivity contribution >= 4 is 10.9 Å². The number of ether oxygens (including phenoxy) is 3. The molecule has 3 aromatic rings. The molecule has 2 aromatic carbocycles. The van der Waals surface area contributed by atoms with Crippen LogP contribution in [-0.2, 0) is 13.0 Å². The highest BCUT2D eigenvalue weighted by Gasteiger charge is 2.13. The molecule has 0 aliphatic rings. The van der Waals surface area contributed by atoms with E-state index in [2.05, 4.69) is 41.6 Å². The number of fused-ring (bicyclic) bond motifs is 1. The molecular formula is C22H28N2O3. The Morgan fingerprint density at radius 3 is 2.44 bits per heavy atom. The van der Waals surface area contributed by atoms with Crippen LogP contribution in [0.5, 0.6) is 17.2 Å². The van der Waals surface area contributed by atoms with E-state index in [0.717, 1.165) is 25.1 Å². The Hall–Kier alpha value is -2.66. The Balaban J connectivity index is 1.63. The fourth-order valence-corrected chi connectivity index (χ4v) is 3.29. The molecule has 1 aromatic heterocycles. The van der Waals surface area contributed by atoms with Gasteiger partial charge in [0.1, 0.15) is 0 Å². The van der Waals surface area contributed by atoms with E-state index in [0.29, 0.717) is 23.9 Å². The number of nitrogens with one attached hydrogen (secondary N) is 2. The summed E-state index contributed by atoms with van der Waals surface area (Å²) < 4.78 is 16.6. The van der Waals surface area contributed by atoms with Gasteiger partial charge in [-0.3, -0.25) is 0 Å². The molecule has 5 nitrogen and oxygen atoms in total. The van der Waals surface area contributed by atoms with Gasteiger partial charge in [0.05, 0.1) is 20.8 Å². The number of methoxy groups -OCH3 is 2. The first-order valence-electron chi connectivity index (χ1n) is 9.31. The molecule has 0 fully saturated rings. The largest absolute Gasteiger partial charge is 0.493 e. The lowest BCUT2D eigenvalue weighted by Crippen LogP contribution is -2.16. The monoisotopic (exact) mass is 368 g/mol. The molecule has 0 aliphatic carbocycles. The van der Waals surface area contributed by atoms with Crippen molar-refractivity contribution in [2.75, 3.05) is 27.4 Å². The Morgan fingerprint density at radius 1 is 1.04 bits per heavy atom. The second-order valence-electron chi connectivity index (χ2n) is 6.55. The van der Waals surface area contributed by atoms with Crippen LogP contribution in [0.1, 0.15) is 23.6 Å². The standard InChI is InChI=1S/C22H28N2O3/c1-5-27-22-20(25-3)11-16(12-21(22)26-4)13-23-9-8-17-14-24-19-10-15(2)6-7-18(17)19/h6-7,10-12,14,23-24H,5,8-9,13H2,1-4H3. The number of aromatic nitrogens is 1. The van der Waals surface area contributed by atoms with Crippen LogP contribution >= 0.6 is 0 Å². The summed E-state index contributed by atoms with van der Waals surface area (Å²) in [6.07, 6.45) is 3.07. The van der Waals surface area contributed by atoms with Crippen molar-refractivity contribution in [3.63, 3.8) is 0 Å². The van der Waals surface area contributed by atoms with Gasteiger partial charge in [-0.1, -0.05) is 12.1 Å².